The number of nitrogens with one attached hydrogen (secondary N) is 2. The number of phenols is 1. The molecule has 6 nitrogen and oxygen atoms in total. The van der Waals surface area contributed by atoms with E-state index in [0.29, 0.717) is 18.9 Å². The van der Waals surface area contributed by atoms with E-state index in [1.807, 2.05) is 38.4 Å². The zero-order chi connectivity index (χ0) is 22.5. The van der Waals surface area contributed by atoms with Crippen molar-refractivity contribution < 1.29 is 5.11 Å². The van der Waals surface area contributed by atoms with E-state index >= 15 is 0 Å². The Morgan fingerprint density at radius 2 is 1.69 bits per heavy atom. The molecular formula is C26H28N4O2. The Balaban J connectivity index is 1.46. The molecule has 0 bridgehead atoms. The molecule has 32 heavy (non-hydrogen) atoms. The fourth-order valence-electron chi connectivity index (χ4n) is 3.81. The molecule has 1 heterocycles. The van der Waals surface area contributed by atoms with Gasteiger partial charge in [0.1, 0.15) is 5.75 Å². The number of anilines is 1. The molecule has 3 N–H and O–H groups in total. The molecule has 0 saturated carbocycles. The van der Waals surface area contributed by atoms with Crippen molar-refractivity contribution in [3.05, 3.63) is 100.0 Å². The topological polar surface area (TPSA) is 81.2 Å². The fourth-order valence-corrected chi connectivity index (χ4v) is 3.81. The third-order valence-electron chi connectivity index (χ3n) is 5.65. The molecule has 0 fully saturated rings. The molecule has 4 rings (SSSR count). The van der Waals surface area contributed by atoms with Crippen LogP contribution in [0, 0.1) is 0 Å². The van der Waals surface area contributed by atoms with Gasteiger partial charge in [-0.3, -0.25) is 4.79 Å². The summed E-state index contributed by atoms with van der Waals surface area (Å²) in [6.07, 6.45) is 1.43. The number of likely N-dealkylation sites (N-methyl/N-ethyl adjacent to an activating group) is 1. The minimum absolute atomic E-state index is 0.189. The highest BCUT2D eigenvalue weighted by Crippen LogP contribution is 2.18. The average Bonchev–Trinajstić information content (AvgIpc) is 2.77. The van der Waals surface area contributed by atoms with Crippen LogP contribution in [-0.2, 0) is 12.8 Å². The second-order valence-corrected chi connectivity index (χ2v) is 8.32. The number of hydrogen-bond acceptors (Lipinski definition) is 5. The Morgan fingerprint density at radius 3 is 2.44 bits per heavy atom. The van der Waals surface area contributed by atoms with Crippen LogP contribution in [-0.4, -0.2) is 46.7 Å². The zero-order valence-electron chi connectivity index (χ0n) is 18.4. The van der Waals surface area contributed by atoms with Crippen molar-refractivity contribution in [2.45, 2.75) is 18.9 Å². The van der Waals surface area contributed by atoms with Crippen molar-refractivity contribution in [3.63, 3.8) is 0 Å². The zero-order valence-corrected chi connectivity index (χ0v) is 18.4. The summed E-state index contributed by atoms with van der Waals surface area (Å²) >= 11 is 0. The van der Waals surface area contributed by atoms with E-state index in [4.69, 9.17) is 0 Å². The highest BCUT2D eigenvalue weighted by molar-refractivity contribution is 5.83. The molecular weight excluding hydrogens is 400 g/mol. The highest BCUT2D eigenvalue weighted by Gasteiger charge is 2.13. The molecule has 164 valence electrons. The molecule has 0 spiro atoms. The van der Waals surface area contributed by atoms with Crippen molar-refractivity contribution in [1.82, 2.24) is 14.9 Å². The largest absolute Gasteiger partial charge is 0.508 e. The number of hydrogen-bond donors (Lipinski definition) is 3. The standard InChI is InChI=1S/C26H28N4O2/c1-30(2)23(15-18-8-11-24(31)12-9-18)17-27-26-28-22(16-25(32)29-26)14-19-7-10-20-5-3-4-6-21(20)13-19/h3-13,16,23,31H,14-15,17H2,1-2H3,(H2,27,28,29,32)/t23-/m0/s1. The van der Waals surface area contributed by atoms with Crippen LogP contribution in [0.2, 0.25) is 0 Å². The van der Waals surface area contributed by atoms with Crippen LogP contribution in [0.25, 0.3) is 10.8 Å². The van der Waals surface area contributed by atoms with Crippen molar-refractivity contribution in [2.75, 3.05) is 26.0 Å². The van der Waals surface area contributed by atoms with E-state index in [0.717, 1.165) is 23.2 Å². The molecule has 3 aromatic carbocycles. The number of nitrogens with zero attached hydrogens (tertiary/aromatic N) is 2. The first-order chi connectivity index (χ1) is 15.5. The molecule has 1 atom stereocenters. The fraction of sp³-hybridized carbons (Fsp3) is 0.231. The lowest BCUT2D eigenvalue weighted by atomic mass is 10.0. The van der Waals surface area contributed by atoms with Crippen LogP contribution in [0.1, 0.15) is 16.8 Å². The van der Waals surface area contributed by atoms with Gasteiger partial charge >= 0.3 is 0 Å². The predicted octanol–water partition coefficient (Wildman–Crippen LogP) is 3.80. The van der Waals surface area contributed by atoms with Gasteiger partial charge in [0, 0.05) is 30.8 Å². The molecule has 0 radical (unpaired) electrons. The number of H-pyrrole nitrogens is 1. The van der Waals surface area contributed by atoms with Gasteiger partial charge in [0.2, 0.25) is 5.95 Å². The Hall–Kier alpha value is -3.64. The maximum atomic E-state index is 12.2. The van der Waals surface area contributed by atoms with Gasteiger partial charge in [-0.25, -0.2) is 0 Å². The monoisotopic (exact) mass is 428 g/mol. The van der Waals surface area contributed by atoms with E-state index in [-0.39, 0.29) is 17.4 Å². The quantitative estimate of drug-likeness (QED) is 0.398. The number of fused-ring (bicyclic) bond motifs is 1. The summed E-state index contributed by atoms with van der Waals surface area (Å²) in [6.45, 7) is 0.621. The smallest absolute Gasteiger partial charge is 0.274 e. The first-order valence-corrected chi connectivity index (χ1v) is 10.7. The summed E-state index contributed by atoms with van der Waals surface area (Å²) in [7, 11) is 4.05. The SMILES string of the molecule is CN(C)[C@H](CNc1nc(=O)cc(Cc2ccc3ccccc3c2)[nH]1)Cc1ccc(O)cc1. The molecule has 0 unspecified atom stereocenters. The van der Waals surface area contributed by atoms with Crippen molar-refractivity contribution in [3.8, 4) is 5.75 Å². The molecule has 0 aliphatic rings. The number of rotatable bonds is 8. The van der Waals surface area contributed by atoms with Gasteiger partial charge in [0.25, 0.3) is 5.56 Å². The average molecular weight is 429 g/mol. The molecule has 0 aliphatic heterocycles. The van der Waals surface area contributed by atoms with E-state index in [9.17, 15) is 9.90 Å². The van der Waals surface area contributed by atoms with Crippen LogP contribution >= 0.6 is 0 Å². The molecule has 0 amide bonds. The third kappa shape index (κ3) is 5.53. The highest BCUT2D eigenvalue weighted by atomic mass is 16.3. The van der Waals surface area contributed by atoms with Crippen molar-refractivity contribution >= 4 is 16.7 Å². The summed E-state index contributed by atoms with van der Waals surface area (Å²) in [6, 6.07) is 23.6. The second kappa shape index (κ2) is 9.66. The summed E-state index contributed by atoms with van der Waals surface area (Å²) in [4.78, 5) is 21.7. The first kappa shape index (κ1) is 21.6. The maximum Gasteiger partial charge on any atom is 0.274 e. The van der Waals surface area contributed by atoms with Crippen LogP contribution in [0.3, 0.4) is 0 Å². The van der Waals surface area contributed by atoms with Crippen LogP contribution in [0.5, 0.6) is 5.75 Å². The second-order valence-electron chi connectivity index (χ2n) is 8.32. The number of aromatic hydroxyl groups is 1. The van der Waals surface area contributed by atoms with E-state index in [1.165, 1.54) is 10.8 Å². The molecule has 4 aromatic rings. The molecule has 1 aromatic heterocycles. The van der Waals surface area contributed by atoms with E-state index in [1.54, 1.807) is 18.2 Å². The number of phenolic OH excluding ortho intramolecular Hbond substituents is 1. The lowest BCUT2D eigenvalue weighted by Gasteiger charge is -2.25. The molecule has 0 saturated heterocycles. The van der Waals surface area contributed by atoms with Gasteiger partial charge in [0.15, 0.2) is 0 Å². The first-order valence-electron chi connectivity index (χ1n) is 10.7. The van der Waals surface area contributed by atoms with Crippen LogP contribution < -0.4 is 10.9 Å². The van der Waals surface area contributed by atoms with Crippen LogP contribution in [0.15, 0.2) is 77.6 Å². The van der Waals surface area contributed by atoms with Gasteiger partial charge < -0.3 is 20.3 Å². The summed E-state index contributed by atoms with van der Waals surface area (Å²) in [5, 5.41) is 15.2. The minimum atomic E-state index is -0.262. The number of aromatic nitrogens is 2. The lowest BCUT2D eigenvalue weighted by molar-refractivity contribution is 0.303. The van der Waals surface area contributed by atoms with Crippen molar-refractivity contribution in [2.24, 2.45) is 0 Å². The van der Waals surface area contributed by atoms with Crippen molar-refractivity contribution in [1.29, 1.82) is 0 Å². The summed E-state index contributed by atoms with van der Waals surface area (Å²) in [5.74, 6) is 0.740. The number of aromatic amines is 1. The summed E-state index contributed by atoms with van der Waals surface area (Å²) in [5.41, 5.74) is 2.83. The Kier molecular flexibility index (Phi) is 6.52. The van der Waals surface area contributed by atoms with Gasteiger partial charge in [-0.1, -0.05) is 54.6 Å². The van der Waals surface area contributed by atoms with Gasteiger partial charge in [0.05, 0.1) is 0 Å². The van der Waals surface area contributed by atoms with E-state index < -0.39 is 0 Å². The minimum Gasteiger partial charge on any atom is -0.508 e. The maximum absolute atomic E-state index is 12.2. The Bertz CT molecular complexity index is 1250. The Morgan fingerprint density at radius 1 is 0.969 bits per heavy atom. The van der Waals surface area contributed by atoms with Gasteiger partial charge in [-0.15, -0.1) is 0 Å². The van der Waals surface area contributed by atoms with E-state index in [2.05, 4.69) is 50.5 Å². The lowest BCUT2D eigenvalue weighted by Crippen LogP contribution is -2.37. The van der Waals surface area contributed by atoms with Gasteiger partial charge in [-0.2, -0.15) is 4.98 Å². The predicted molar refractivity (Wildman–Crippen MR) is 129 cm³/mol. The summed E-state index contributed by atoms with van der Waals surface area (Å²) < 4.78 is 0. The van der Waals surface area contributed by atoms with Gasteiger partial charge in [-0.05, 0) is 54.5 Å². The number of benzene rings is 3. The third-order valence-corrected chi connectivity index (χ3v) is 5.65. The normalized spacial score (nSPS) is 12.2. The Labute approximate surface area is 187 Å². The molecule has 6 heteroatoms. The van der Waals surface area contributed by atoms with Crippen LogP contribution in [0.4, 0.5) is 5.95 Å². The molecule has 0 aliphatic carbocycles.